The number of fused-ring (bicyclic) bond motifs is 2. The van der Waals surface area contributed by atoms with E-state index in [0.29, 0.717) is 12.2 Å². The van der Waals surface area contributed by atoms with E-state index < -0.39 is 0 Å². The molecule has 2 aromatic heterocycles. The molecule has 5 heteroatoms. The van der Waals surface area contributed by atoms with Crippen LogP contribution in [0, 0.1) is 6.92 Å². The maximum Gasteiger partial charge on any atom is 0.228 e. The lowest BCUT2D eigenvalue weighted by Crippen LogP contribution is -2.15. The number of pyridine rings is 1. The number of aromatic nitrogens is 3. The summed E-state index contributed by atoms with van der Waals surface area (Å²) in [6.45, 7) is 1.85. The number of amides is 1. The number of hydrogen-bond donors (Lipinski definition) is 1. The molecule has 1 aliphatic carbocycles. The summed E-state index contributed by atoms with van der Waals surface area (Å²) < 4.78 is 1.68. The highest BCUT2D eigenvalue weighted by molar-refractivity contribution is 5.92. The van der Waals surface area contributed by atoms with E-state index in [2.05, 4.69) is 33.6 Å². The second kappa shape index (κ2) is 6.07. The highest BCUT2D eigenvalue weighted by atomic mass is 16.1. The van der Waals surface area contributed by atoms with Gasteiger partial charge >= 0.3 is 0 Å². The van der Waals surface area contributed by atoms with Crippen LogP contribution in [0.15, 0.2) is 36.5 Å². The van der Waals surface area contributed by atoms with Gasteiger partial charge in [-0.2, -0.15) is 5.10 Å². The molecule has 0 atom stereocenters. The predicted octanol–water partition coefficient (Wildman–Crippen LogP) is 3.10. The molecule has 0 aliphatic heterocycles. The molecule has 24 heavy (non-hydrogen) atoms. The monoisotopic (exact) mass is 320 g/mol. The number of rotatable bonds is 3. The minimum Gasteiger partial charge on any atom is -0.324 e. The van der Waals surface area contributed by atoms with Gasteiger partial charge in [0.15, 0.2) is 5.65 Å². The quantitative estimate of drug-likeness (QED) is 0.807. The van der Waals surface area contributed by atoms with Gasteiger partial charge in [-0.05, 0) is 61.4 Å². The van der Waals surface area contributed by atoms with Gasteiger partial charge < -0.3 is 5.32 Å². The van der Waals surface area contributed by atoms with Gasteiger partial charge in [0.25, 0.3) is 0 Å². The van der Waals surface area contributed by atoms with E-state index in [1.165, 1.54) is 30.4 Å². The van der Waals surface area contributed by atoms with Crippen LogP contribution in [-0.2, 0) is 24.1 Å². The Morgan fingerprint density at radius 2 is 2.00 bits per heavy atom. The van der Waals surface area contributed by atoms with Crippen LogP contribution in [0.25, 0.3) is 5.65 Å². The van der Waals surface area contributed by atoms with Gasteiger partial charge in [-0.25, -0.2) is 9.50 Å². The van der Waals surface area contributed by atoms with Gasteiger partial charge in [-0.3, -0.25) is 4.79 Å². The summed E-state index contributed by atoms with van der Waals surface area (Å²) in [5, 5.41) is 7.21. The lowest BCUT2D eigenvalue weighted by molar-refractivity contribution is -0.115. The van der Waals surface area contributed by atoms with E-state index in [-0.39, 0.29) is 5.91 Å². The molecule has 0 unspecified atom stereocenters. The topological polar surface area (TPSA) is 59.3 Å². The van der Waals surface area contributed by atoms with Crippen LogP contribution in [0.3, 0.4) is 0 Å². The highest BCUT2D eigenvalue weighted by Crippen LogP contribution is 2.22. The summed E-state index contributed by atoms with van der Waals surface area (Å²) in [4.78, 5) is 16.6. The van der Waals surface area contributed by atoms with Crippen molar-refractivity contribution in [2.45, 2.75) is 39.0 Å². The Labute approximate surface area is 140 Å². The first-order chi connectivity index (χ1) is 11.7. The molecule has 2 heterocycles. The van der Waals surface area contributed by atoms with Gasteiger partial charge in [-0.15, -0.1) is 0 Å². The molecule has 0 bridgehead atoms. The minimum atomic E-state index is -0.0121. The zero-order valence-electron chi connectivity index (χ0n) is 13.7. The second-order valence-corrected chi connectivity index (χ2v) is 6.41. The summed E-state index contributed by atoms with van der Waals surface area (Å²) in [6, 6.07) is 10.2. The molecular weight excluding hydrogens is 300 g/mol. The Hall–Kier alpha value is -2.69. The number of carbonyl (C=O) groups is 1. The Bertz CT molecular complexity index is 913. The van der Waals surface area contributed by atoms with Crippen molar-refractivity contribution >= 4 is 17.2 Å². The van der Waals surface area contributed by atoms with E-state index in [1.807, 2.05) is 19.1 Å². The lowest BCUT2D eigenvalue weighted by Gasteiger charge is -2.16. The SMILES string of the molecule is Cc1nc2ccc(NC(=O)Cc3ccc4c(c3)CCCC4)cn2n1. The first-order valence-corrected chi connectivity index (χ1v) is 8.41. The average molecular weight is 320 g/mol. The molecule has 1 amide bonds. The number of carbonyl (C=O) groups excluding carboxylic acids is 1. The van der Waals surface area contributed by atoms with Crippen molar-refractivity contribution in [2.24, 2.45) is 0 Å². The number of benzene rings is 1. The summed E-state index contributed by atoms with van der Waals surface area (Å²) in [5.74, 6) is 0.703. The van der Waals surface area contributed by atoms with Gasteiger partial charge in [0, 0.05) is 0 Å². The van der Waals surface area contributed by atoms with Crippen molar-refractivity contribution in [1.29, 1.82) is 0 Å². The summed E-state index contributed by atoms with van der Waals surface area (Å²) in [7, 11) is 0. The molecule has 1 N–H and O–H groups in total. The molecule has 0 fully saturated rings. The summed E-state index contributed by atoms with van der Waals surface area (Å²) >= 11 is 0. The molecule has 122 valence electrons. The smallest absolute Gasteiger partial charge is 0.228 e. The van der Waals surface area contributed by atoms with Crippen LogP contribution in [-0.4, -0.2) is 20.5 Å². The number of hydrogen-bond acceptors (Lipinski definition) is 3. The fourth-order valence-corrected chi connectivity index (χ4v) is 3.36. The summed E-state index contributed by atoms with van der Waals surface area (Å²) in [5.41, 5.74) is 5.44. The summed E-state index contributed by atoms with van der Waals surface area (Å²) in [6.07, 6.45) is 7.01. The Balaban J connectivity index is 1.47. The molecular formula is C19H20N4O. The first kappa shape index (κ1) is 14.9. The molecule has 3 aromatic rings. The van der Waals surface area contributed by atoms with Gasteiger partial charge in [-0.1, -0.05) is 18.2 Å². The third kappa shape index (κ3) is 3.02. The van der Waals surface area contributed by atoms with E-state index in [0.717, 1.165) is 23.3 Å². The van der Waals surface area contributed by atoms with Crippen LogP contribution < -0.4 is 5.32 Å². The molecule has 1 aromatic carbocycles. The van der Waals surface area contributed by atoms with Crippen LogP contribution in [0.1, 0.15) is 35.4 Å². The Morgan fingerprint density at radius 1 is 1.17 bits per heavy atom. The maximum atomic E-state index is 12.3. The zero-order chi connectivity index (χ0) is 16.5. The molecule has 1 aliphatic rings. The van der Waals surface area contributed by atoms with Crippen LogP contribution >= 0.6 is 0 Å². The largest absolute Gasteiger partial charge is 0.324 e. The molecule has 4 rings (SSSR count). The van der Waals surface area contributed by atoms with Crippen molar-refractivity contribution in [3.05, 3.63) is 59.0 Å². The zero-order valence-corrected chi connectivity index (χ0v) is 13.7. The fourth-order valence-electron chi connectivity index (χ4n) is 3.36. The molecule has 5 nitrogen and oxygen atoms in total. The van der Waals surface area contributed by atoms with E-state index in [1.54, 1.807) is 10.7 Å². The van der Waals surface area contributed by atoms with E-state index in [9.17, 15) is 4.79 Å². The number of aryl methyl sites for hydroxylation is 3. The van der Waals surface area contributed by atoms with Crippen molar-refractivity contribution in [3.63, 3.8) is 0 Å². The van der Waals surface area contributed by atoms with Gasteiger partial charge in [0.2, 0.25) is 5.91 Å². The van der Waals surface area contributed by atoms with Gasteiger partial charge in [0.1, 0.15) is 5.82 Å². The highest BCUT2D eigenvalue weighted by Gasteiger charge is 2.11. The maximum absolute atomic E-state index is 12.3. The van der Waals surface area contributed by atoms with E-state index in [4.69, 9.17) is 0 Å². The molecule has 0 saturated heterocycles. The third-order valence-corrected chi connectivity index (χ3v) is 4.50. The second-order valence-electron chi connectivity index (χ2n) is 6.41. The van der Waals surface area contributed by atoms with Crippen LogP contribution in [0.2, 0.25) is 0 Å². The Morgan fingerprint density at radius 3 is 2.88 bits per heavy atom. The first-order valence-electron chi connectivity index (χ1n) is 8.41. The lowest BCUT2D eigenvalue weighted by atomic mass is 9.90. The van der Waals surface area contributed by atoms with Crippen LogP contribution in [0.4, 0.5) is 5.69 Å². The van der Waals surface area contributed by atoms with Gasteiger partial charge in [0.05, 0.1) is 18.3 Å². The normalized spacial score (nSPS) is 13.7. The van der Waals surface area contributed by atoms with Crippen molar-refractivity contribution in [3.8, 4) is 0 Å². The standard InChI is InChI=1S/C19H20N4O/c1-13-20-18-9-8-17(12-23(18)22-13)21-19(24)11-14-6-7-15-4-2-3-5-16(15)10-14/h6-10,12H,2-5,11H2,1H3,(H,21,24). The number of nitrogens with zero attached hydrogens (tertiary/aromatic N) is 3. The molecule has 0 radical (unpaired) electrons. The van der Waals surface area contributed by atoms with E-state index >= 15 is 0 Å². The Kier molecular flexibility index (Phi) is 3.76. The van der Waals surface area contributed by atoms with Crippen molar-refractivity contribution < 1.29 is 4.79 Å². The molecule has 0 saturated carbocycles. The minimum absolute atomic E-state index is 0.0121. The fraction of sp³-hybridized carbons (Fsp3) is 0.316. The number of nitrogens with one attached hydrogen (secondary N) is 1. The van der Waals surface area contributed by atoms with Crippen LogP contribution in [0.5, 0.6) is 0 Å². The van der Waals surface area contributed by atoms with Crippen molar-refractivity contribution in [1.82, 2.24) is 14.6 Å². The number of anilines is 1. The predicted molar refractivity (Wildman–Crippen MR) is 93.1 cm³/mol. The average Bonchev–Trinajstić information content (AvgIpc) is 2.94. The third-order valence-electron chi connectivity index (χ3n) is 4.50. The molecule has 0 spiro atoms. The van der Waals surface area contributed by atoms with Crippen molar-refractivity contribution in [2.75, 3.05) is 5.32 Å².